The lowest BCUT2D eigenvalue weighted by atomic mass is 10.0. The minimum absolute atomic E-state index is 0.117. The Morgan fingerprint density at radius 1 is 1.53 bits per heavy atom. The Balaban J connectivity index is 2.23. The molecule has 2 aliphatic heterocycles. The average Bonchev–Trinajstić information content (AvgIpc) is 2.78. The first-order chi connectivity index (χ1) is 9.13. The number of carbonyl (C=O) groups is 1. The number of nitrogens with one attached hydrogen (secondary N) is 1. The second-order valence-corrected chi connectivity index (χ2v) is 5.12. The van der Waals surface area contributed by atoms with Crippen molar-refractivity contribution in [1.82, 2.24) is 10.2 Å². The highest BCUT2D eigenvalue weighted by molar-refractivity contribution is 5.76. The highest BCUT2D eigenvalue weighted by atomic mass is 16.5. The molecule has 0 saturated heterocycles. The van der Waals surface area contributed by atoms with Crippen LogP contribution in [0.1, 0.15) is 19.8 Å². The number of fused-ring (bicyclic) bond motifs is 1. The van der Waals surface area contributed by atoms with Crippen LogP contribution in [0.2, 0.25) is 0 Å². The lowest BCUT2D eigenvalue weighted by molar-refractivity contribution is -0.0107. The van der Waals surface area contributed by atoms with Gasteiger partial charge < -0.3 is 20.1 Å². The van der Waals surface area contributed by atoms with Gasteiger partial charge in [-0.3, -0.25) is 0 Å². The molecule has 106 valence electrons. The van der Waals surface area contributed by atoms with Crippen LogP contribution in [0.3, 0.4) is 0 Å². The number of urea groups is 1. The second kappa shape index (κ2) is 6.21. The van der Waals surface area contributed by atoms with Crippen LogP contribution < -0.4 is 5.32 Å². The van der Waals surface area contributed by atoms with Gasteiger partial charge in [0.25, 0.3) is 0 Å². The van der Waals surface area contributed by atoms with Crippen LogP contribution in [0.5, 0.6) is 0 Å². The molecule has 0 radical (unpaired) electrons. The summed E-state index contributed by atoms with van der Waals surface area (Å²) in [7, 11) is 1.58. The summed E-state index contributed by atoms with van der Waals surface area (Å²) in [5.74, 6) is 0. The van der Waals surface area contributed by atoms with Crippen molar-refractivity contribution in [2.75, 3.05) is 20.2 Å². The Morgan fingerprint density at radius 2 is 2.32 bits per heavy atom. The van der Waals surface area contributed by atoms with Crippen LogP contribution in [0, 0.1) is 0 Å². The molecule has 19 heavy (non-hydrogen) atoms. The van der Waals surface area contributed by atoms with Crippen LogP contribution in [0.25, 0.3) is 0 Å². The van der Waals surface area contributed by atoms with Crippen LogP contribution in [0.4, 0.5) is 4.79 Å². The summed E-state index contributed by atoms with van der Waals surface area (Å²) in [6.45, 7) is 3.18. The molecular weight excluding hydrogens is 244 g/mol. The van der Waals surface area contributed by atoms with Crippen LogP contribution in [-0.4, -0.2) is 54.5 Å². The number of allylic oxidation sites excluding steroid dienone is 1. The summed E-state index contributed by atoms with van der Waals surface area (Å²) in [5.41, 5.74) is 1.09. The van der Waals surface area contributed by atoms with Gasteiger partial charge in [0, 0.05) is 20.2 Å². The largest absolute Gasteiger partial charge is 0.388 e. The van der Waals surface area contributed by atoms with Gasteiger partial charge in [-0.25, -0.2) is 4.79 Å². The number of nitrogens with zero attached hydrogens (tertiary/aromatic N) is 1. The molecule has 2 N–H and O–H groups in total. The van der Waals surface area contributed by atoms with E-state index in [9.17, 15) is 9.90 Å². The van der Waals surface area contributed by atoms with Gasteiger partial charge in [-0.1, -0.05) is 23.8 Å². The van der Waals surface area contributed by atoms with E-state index in [0.29, 0.717) is 13.1 Å². The highest BCUT2D eigenvalue weighted by Gasteiger charge is 2.36. The molecule has 5 nitrogen and oxygen atoms in total. The van der Waals surface area contributed by atoms with E-state index in [2.05, 4.69) is 5.32 Å². The van der Waals surface area contributed by atoms with E-state index < -0.39 is 6.10 Å². The molecule has 0 saturated carbocycles. The molecule has 2 aliphatic rings. The zero-order chi connectivity index (χ0) is 13.8. The maximum absolute atomic E-state index is 12.1. The van der Waals surface area contributed by atoms with E-state index >= 15 is 0 Å². The van der Waals surface area contributed by atoms with E-state index in [0.717, 1.165) is 18.4 Å². The number of carbonyl (C=O) groups excluding carboxylic acids is 1. The number of hydrogen-bond acceptors (Lipinski definition) is 3. The minimum Gasteiger partial charge on any atom is -0.388 e. The smallest absolute Gasteiger partial charge is 0.318 e. The summed E-state index contributed by atoms with van der Waals surface area (Å²) in [6.07, 6.45) is 6.46. The molecule has 2 heterocycles. The van der Waals surface area contributed by atoms with Crippen molar-refractivity contribution in [1.29, 1.82) is 0 Å². The van der Waals surface area contributed by atoms with Gasteiger partial charge in [-0.15, -0.1) is 0 Å². The Bertz CT molecular complexity index is 392. The van der Waals surface area contributed by atoms with E-state index in [1.165, 1.54) is 0 Å². The van der Waals surface area contributed by atoms with Crippen LogP contribution in [0.15, 0.2) is 23.8 Å². The Hall–Kier alpha value is -1.33. The van der Waals surface area contributed by atoms with Gasteiger partial charge in [-0.05, 0) is 19.8 Å². The fourth-order valence-electron chi connectivity index (χ4n) is 2.57. The lowest BCUT2D eigenvalue weighted by Crippen LogP contribution is -2.51. The maximum Gasteiger partial charge on any atom is 0.318 e. The zero-order valence-electron chi connectivity index (χ0n) is 11.5. The SMILES string of the molecule is CO[C@H]1/C=C/CCCNC(=O)N2CC(C)=C[C@@H]2[C@@H]1O. The molecule has 0 aromatic rings. The quantitative estimate of drug-likeness (QED) is 0.697. The topological polar surface area (TPSA) is 61.8 Å². The van der Waals surface area contributed by atoms with Crippen LogP contribution >= 0.6 is 0 Å². The molecule has 2 amide bonds. The monoisotopic (exact) mass is 266 g/mol. The van der Waals surface area contributed by atoms with Crippen molar-refractivity contribution in [3.8, 4) is 0 Å². The summed E-state index contributed by atoms with van der Waals surface area (Å²) >= 11 is 0. The van der Waals surface area contributed by atoms with Crippen molar-refractivity contribution in [3.63, 3.8) is 0 Å². The number of methoxy groups -OCH3 is 1. The molecule has 0 bridgehead atoms. The van der Waals surface area contributed by atoms with Gasteiger partial charge in [0.15, 0.2) is 0 Å². The van der Waals surface area contributed by atoms with E-state index in [-0.39, 0.29) is 18.2 Å². The van der Waals surface area contributed by atoms with Crippen molar-refractivity contribution >= 4 is 6.03 Å². The fourth-order valence-corrected chi connectivity index (χ4v) is 2.57. The third kappa shape index (κ3) is 3.16. The second-order valence-electron chi connectivity index (χ2n) is 5.12. The maximum atomic E-state index is 12.1. The van der Waals surface area contributed by atoms with Crippen LogP contribution in [-0.2, 0) is 4.74 Å². The predicted octanol–water partition coefficient (Wildman–Crippen LogP) is 1.05. The molecule has 2 rings (SSSR count). The predicted molar refractivity (Wildman–Crippen MR) is 72.8 cm³/mol. The van der Waals surface area contributed by atoms with Gasteiger partial charge >= 0.3 is 6.03 Å². The van der Waals surface area contributed by atoms with E-state index in [1.807, 2.05) is 25.2 Å². The lowest BCUT2D eigenvalue weighted by Gasteiger charge is -2.31. The molecule has 0 fully saturated rings. The summed E-state index contributed by atoms with van der Waals surface area (Å²) < 4.78 is 5.33. The summed E-state index contributed by atoms with van der Waals surface area (Å²) in [6, 6.07) is -0.443. The summed E-state index contributed by atoms with van der Waals surface area (Å²) in [4.78, 5) is 13.8. The number of amides is 2. The Kier molecular flexibility index (Phi) is 4.61. The minimum atomic E-state index is -0.748. The molecule has 0 aliphatic carbocycles. The first kappa shape index (κ1) is 14.1. The van der Waals surface area contributed by atoms with Crippen molar-refractivity contribution in [2.24, 2.45) is 0 Å². The number of hydrogen-bond donors (Lipinski definition) is 2. The average molecular weight is 266 g/mol. The first-order valence-corrected chi connectivity index (χ1v) is 6.73. The summed E-state index contributed by atoms with van der Waals surface area (Å²) in [5, 5.41) is 13.3. The van der Waals surface area contributed by atoms with Gasteiger partial charge in [0.1, 0.15) is 12.2 Å². The Morgan fingerprint density at radius 3 is 3.05 bits per heavy atom. The third-order valence-electron chi connectivity index (χ3n) is 3.60. The first-order valence-electron chi connectivity index (χ1n) is 6.73. The normalized spacial score (nSPS) is 34.1. The highest BCUT2D eigenvalue weighted by Crippen LogP contribution is 2.22. The van der Waals surface area contributed by atoms with Gasteiger partial charge in [0.2, 0.25) is 0 Å². The number of aliphatic hydroxyl groups is 1. The van der Waals surface area contributed by atoms with E-state index in [1.54, 1.807) is 12.0 Å². The molecule has 0 aromatic heterocycles. The van der Waals surface area contributed by atoms with Crippen molar-refractivity contribution < 1.29 is 14.6 Å². The molecule has 0 aromatic carbocycles. The number of rotatable bonds is 1. The Labute approximate surface area is 113 Å². The van der Waals surface area contributed by atoms with Crippen molar-refractivity contribution in [3.05, 3.63) is 23.8 Å². The molecule has 0 spiro atoms. The molecule has 3 atom stereocenters. The third-order valence-corrected chi connectivity index (χ3v) is 3.60. The van der Waals surface area contributed by atoms with Crippen molar-refractivity contribution in [2.45, 2.75) is 38.0 Å². The zero-order valence-corrected chi connectivity index (χ0v) is 11.5. The van der Waals surface area contributed by atoms with Gasteiger partial charge in [0.05, 0.1) is 6.04 Å². The standard InChI is InChI=1S/C14H22N2O3/c1-10-8-11-13(17)12(19-2)6-4-3-5-7-15-14(18)16(11)9-10/h4,6,8,11-13,17H,3,5,7,9H2,1-2H3,(H,15,18)/b6-4+/t11-,12+,13+/m1/s1. The molecular formula is C14H22N2O3. The number of ether oxygens (including phenoxy) is 1. The van der Waals surface area contributed by atoms with E-state index in [4.69, 9.17) is 4.74 Å². The van der Waals surface area contributed by atoms with Gasteiger partial charge in [-0.2, -0.15) is 0 Å². The molecule has 0 unspecified atom stereocenters. The number of aliphatic hydroxyl groups excluding tert-OH is 1. The fraction of sp³-hybridized carbons (Fsp3) is 0.643. The molecule has 5 heteroatoms.